The van der Waals surface area contributed by atoms with Crippen LogP contribution in [0.5, 0.6) is 0 Å². The SMILES string of the molecule is Cc1cccc(Cl)c1NC(=O)[C@@H](C)N1CCCC1. The van der Waals surface area contributed by atoms with E-state index in [1.165, 1.54) is 12.8 Å². The average molecular weight is 267 g/mol. The van der Waals surface area contributed by atoms with Crippen molar-refractivity contribution in [2.24, 2.45) is 0 Å². The number of amides is 1. The summed E-state index contributed by atoms with van der Waals surface area (Å²) < 4.78 is 0. The molecule has 2 rings (SSSR count). The molecule has 98 valence electrons. The van der Waals surface area contributed by atoms with Crippen molar-refractivity contribution in [2.45, 2.75) is 32.7 Å². The molecule has 0 unspecified atom stereocenters. The molecule has 1 N–H and O–H groups in total. The average Bonchev–Trinajstić information content (AvgIpc) is 2.86. The number of anilines is 1. The van der Waals surface area contributed by atoms with Crippen LogP contribution in [0.1, 0.15) is 25.3 Å². The van der Waals surface area contributed by atoms with E-state index < -0.39 is 0 Å². The molecule has 3 nitrogen and oxygen atoms in total. The third kappa shape index (κ3) is 2.85. The van der Waals surface area contributed by atoms with Crippen molar-refractivity contribution >= 4 is 23.2 Å². The van der Waals surface area contributed by atoms with Crippen molar-refractivity contribution in [3.05, 3.63) is 28.8 Å². The molecule has 1 saturated heterocycles. The Balaban J connectivity index is 2.06. The van der Waals surface area contributed by atoms with Crippen LogP contribution in [0.15, 0.2) is 18.2 Å². The lowest BCUT2D eigenvalue weighted by molar-refractivity contribution is -0.120. The molecule has 1 aromatic rings. The van der Waals surface area contributed by atoms with E-state index in [-0.39, 0.29) is 11.9 Å². The predicted octanol–water partition coefficient (Wildman–Crippen LogP) is 3.07. The molecule has 4 heteroatoms. The van der Waals surface area contributed by atoms with Crippen molar-refractivity contribution in [3.8, 4) is 0 Å². The molecule has 1 heterocycles. The summed E-state index contributed by atoms with van der Waals surface area (Å²) in [5.74, 6) is 0.0214. The number of para-hydroxylation sites is 1. The summed E-state index contributed by atoms with van der Waals surface area (Å²) in [5.41, 5.74) is 1.72. The summed E-state index contributed by atoms with van der Waals surface area (Å²) >= 11 is 6.11. The smallest absolute Gasteiger partial charge is 0.241 e. The normalized spacial score (nSPS) is 17.7. The van der Waals surface area contributed by atoms with Crippen LogP contribution in [0.2, 0.25) is 5.02 Å². The Labute approximate surface area is 113 Å². The Kier molecular flexibility index (Phi) is 4.25. The Morgan fingerprint density at radius 1 is 1.39 bits per heavy atom. The van der Waals surface area contributed by atoms with Gasteiger partial charge in [0, 0.05) is 0 Å². The summed E-state index contributed by atoms with van der Waals surface area (Å²) in [4.78, 5) is 14.4. The number of halogens is 1. The maximum atomic E-state index is 12.2. The van der Waals surface area contributed by atoms with Gasteiger partial charge in [-0.05, 0) is 51.4 Å². The van der Waals surface area contributed by atoms with Crippen LogP contribution in [0.3, 0.4) is 0 Å². The highest BCUT2D eigenvalue weighted by atomic mass is 35.5. The molecule has 1 fully saturated rings. The van der Waals surface area contributed by atoms with Crippen LogP contribution in [-0.2, 0) is 4.79 Å². The molecular weight excluding hydrogens is 248 g/mol. The molecule has 0 saturated carbocycles. The van der Waals surface area contributed by atoms with Gasteiger partial charge in [-0.3, -0.25) is 9.69 Å². The molecule has 0 bridgehead atoms. The minimum Gasteiger partial charge on any atom is -0.323 e. The van der Waals surface area contributed by atoms with Gasteiger partial charge in [-0.1, -0.05) is 23.7 Å². The summed E-state index contributed by atoms with van der Waals surface area (Å²) in [6, 6.07) is 5.53. The second kappa shape index (κ2) is 5.72. The van der Waals surface area contributed by atoms with Gasteiger partial charge in [-0.2, -0.15) is 0 Å². The number of aryl methyl sites for hydroxylation is 1. The third-order valence-electron chi connectivity index (χ3n) is 3.54. The highest BCUT2D eigenvalue weighted by Crippen LogP contribution is 2.25. The molecule has 1 aromatic carbocycles. The fourth-order valence-corrected chi connectivity index (χ4v) is 2.58. The van der Waals surface area contributed by atoms with Crippen molar-refractivity contribution in [2.75, 3.05) is 18.4 Å². The number of carbonyl (C=O) groups excluding carboxylic acids is 1. The maximum Gasteiger partial charge on any atom is 0.241 e. The minimum atomic E-state index is -0.0943. The maximum absolute atomic E-state index is 12.2. The first-order valence-corrected chi connectivity index (χ1v) is 6.77. The molecule has 1 aliphatic heterocycles. The summed E-state index contributed by atoms with van der Waals surface area (Å²) in [6.45, 7) is 5.92. The van der Waals surface area contributed by atoms with Crippen LogP contribution >= 0.6 is 11.6 Å². The third-order valence-corrected chi connectivity index (χ3v) is 3.85. The molecule has 1 aliphatic rings. The monoisotopic (exact) mass is 266 g/mol. The second-order valence-corrected chi connectivity index (χ2v) is 5.25. The lowest BCUT2D eigenvalue weighted by Crippen LogP contribution is -2.40. The Morgan fingerprint density at radius 3 is 2.67 bits per heavy atom. The Bertz CT molecular complexity index is 421. The van der Waals surface area contributed by atoms with E-state index in [9.17, 15) is 4.79 Å². The van der Waals surface area contributed by atoms with Gasteiger partial charge >= 0.3 is 0 Å². The van der Waals surface area contributed by atoms with Gasteiger partial charge in [0.05, 0.1) is 16.8 Å². The van der Waals surface area contributed by atoms with Gasteiger partial charge in [0.1, 0.15) is 0 Å². The molecule has 18 heavy (non-hydrogen) atoms. The zero-order chi connectivity index (χ0) is 13.1. The van der Waals surface area contributed by atoms with E-state index in [2.05, 4.69) is 10.2 Å². The van der Waals surface area contributed by atoms with Gasteiger partial charge in [0.25, 0.3) is 0 Å². The molecular formula is C14H19ClN2O. The number of benzene rings is 1. The fraction of sp³-hybridized carbons (Fsp3) is 0.500. The number of nitrogens with zero attached hydrogens (tertiary/aromatic N) is 1. The van der Waals surface area contributed by atoms with Crippen molar-refractivity contribution in [1.29, 1.82) is 0 Å². The first-order chi connectivity index (χ1) is 8.59. The predicted molar refractivity (Wildman–Crippen MR) is 75.1 cm³/mol. The first-order valence-electron chi connectivity index (χ1n) is 6.39. The van der Waals surface area contributed by atoms with E-state index in [0.29, 0.717) is 5.02 Å². The van der Waals surface area contributed by atoms with Crippen LogP contribution in [0.25, 0.3) is 0 Å². The lowest BCUT2D eigenvalue weighted by atomic mass is 10.2. The first kappa shape index (κ1) is 13.4. The van der Waals surface area contributed by atoms with E-state index in [4.69, 9.17) is 11.6 Å². The number of carbonyl (C=O) groups is 1. The number of nitrogens with one attached hydrogen (secondary N) is 1. The van der Waals surface area contributed by atoms with Gasteiger partial charge in [-0.25, -0.2) is 0 Å². The van der Waals surface area contributed by atoms with Gasteiger partial charge < -0.3 is 5.32 Å². The minimum absolute atomic E-state index is 0.0214. The summed E-state index contributed by atoms with van der Waals surface area (Å²) in [6.07, 6.45) is 2.37. The van der Waals surface area contributed by atoms with Crippen LogP contribution in [-0.4, -0.2) is 29.9 Å². The van der Waals surface area contributed by atoms with Crippen LogP contribution in [0, 0.1) is 6.92 Å². The number of hydrogen-bond acceptors (Lipinski definition) is 2. The lowest BCUT2D eigenvalue weighted by Gasteiger charge is -2.23. The van der Waals surface area contributed by atoms with Gasteiger partial charge in [-0.15, -0.1) is 0 Å². The second-order valence-electron chi connectivity index (χ2n) is 4.84. The Morgan fingerprint density at radius 2 is 2.06 bits per heavy atom. The number of likely N-dealkylation sites (tertiary alicyclic amines) is 1. The molecule has 0 spiro atoms. The van der Waals surface area contributed by atoms with E-state index in [1.807, 2.05) is 26.0 Å². The molecule has 1 amide bonds. The van der Waals surface area contributed by atoms with Gasteiger partial charge in [0.2, 0.25) is 5.91 Å². The zero-order valence-electron chi connectivity index (χ0n) is 10.9. The highest BCUT2D eigenvalue weighted by Gasteiger charge is 2.24. The molecule has 0 radical (unpaired) electrons. The summed E-state index contributed by atoms with van der Waals surface area (Å²) in [5, 5.41) is 3.54. The van der Waals surface area contributed by atoms with Crippen LogP contribution in [0.4, 0.5) is 5.69 Å². The largest absolute Gasteiger partial charge is 0.323 e. The van der Waals surface area contributed by atoms with Gasteiger partial charge in [0.15, 0.2) is 0 Å². The summed E-state index contributed by atoms with van der Waals surface area (Å²) in [7, 11) is 0. The molecule has 1 atom stereocenters. The topological polar surface area (TPSA) is 32.3 Å². The highest BCUT2D eigenvalue weighted by molar-refractivity contribution is 6.34. The van der Waals surface area contributed by atoms with Crippen molar-refractivity contribution in [3.63, 3.8) is 0 Å². The fourth-order valence-electron chi connectivity index (χ4n) is 2.31. The molecule has 0 aromatic heterocycles. The Hall–Kier alpha value is -1.06. The van der Waals surface area contributed by atoms with Crippen LogP contribution < -0.4 is 5.32 Å². The van der Waals surface area contributed by atoms with E-state index in [1.54, 1.807) is 6.07 Å². The van der Waals surface area contributed by atoms with E-state index >= 15 is 0 Å². The number of hydrogen-bond donors (Lipinski definition) is 1. The van der Waals surface area contributed by atoms with Crippen molar-refractivity contribution in [1.82, 2.24) is 4.90 Å². The van der Waals surface area contributed by atoms with Crippen molar-refractivity contribution < 1.29 is 4.79 Å². The quantitative estimate of drug-likeness (QED) is 0.912. The zero-order valence-corrected chi connectivity index (χ0v) is 11.6. The van der Waals surface area contributed by atoms with E-state index in [0.717, 1.165) is 24.3 Å². The number of rotatable bonds is 3. The standard InChI is InChI=1S/C14H19ClN2O/c1-10-6-5-7-12(15)13(10)16-14(18)11(2)17-8-3-4-9-17/h5-7,11H,3-4,8-9H2,1-2H3,(H,16,18)/t11-/m1/s1. The molecule has 0 aliphatic carbocycles.